The van der Waals surface area contributed by atoms with Crippen molar-refractivity contribution in [3.8, 4) is 11.8 Å². The molecule has 0 aliphatic rings. The predicted octanol–water partition coefficient (Wildman–Crippen LogP) is 2.37. The fourth-order valence-electron chi connectivity index (χ4n) is 1.72. The molecule has 0 radical (unpaired) electrons. The third-order valence-electron chi connectivity index (χ3n) is 2.47. The summed E-state index contributed by atoms with van der Waals surface area (Å²) in [6, 6.07) is 3.66. The number of hydrogen-bond acceptors (Lipinski definition) is 3. The molecular formula is C14H20N2OS. The molecule has 0 aromatic carbocycles. The number of carbonyl (C=O) groups excluding carboxylic acids is 1. The van der Waals surface area contributed by atoms with Crippen molar-refractivity contribution in [3.63, 3.8) is 0 Å². The lowest BCUT2D eigenvalue weighted by Gasteiger charge is -2.25. The molecule has 0 spiro atoms. The lowest BCUT2D eigenvalue weighted by molar-refractivity contribution is 0.0913. The molecule has 0 aliphatic carbocycles. The number of carbonyl (C=O) groups is 1. The Bertz CT molecular complexity index is 466. The normalized spacial score (nSPS) is 10.7. The van der Waals surface area contributed by atoms with Crippen molar-refractivity contribution >= 4 is 17.2 Å². The first-order valence-electron chi connectivity index (χ1n) is 6.10. The standard InChI is InChI=1S/C14H20N2OS/c1-4-9-14(2,3)16-13(17)12-8-7-11(18-12)6-5-10-15/h7-8H,4,9-10,15H2,1-3H3,(H,16,17). The first-order valence-corrected chi connectivity index (χ1v) is 6.91. The van der Waals surface area contributed by atoms with E-state index in [4.69, 9.17) is 5.73 Å². The number of nitrogens with one attached hydrogen (secondary N) is 1. The molecule has 4 heteroatoms. The Morgan fingerprint density at radius 1 is 1.50 bits per heavy atom. The van der Waals surface area contributed by atoms with E-state index >= 15 is 0 Å². The van der Waals surface area contributed by atoms with E-state index in [9.17, 15) is 4.79 Å². The van der Waals surface area contributed by atoms with Crippen LogP contribution in [0.4, 0.5) is 0 Å². The van der Waals surface area contributed by atoms with Crippen molar-refractivity contribution in [2.24, 2.45) is 5.73 Å². The molecule has 1 amide bonds. The van der Waals surface area contributed by atoms with Gasteiger partial charge in [-0.05, 0) is 32.4 Å². The van der Waals surface area contributed by atoms with Crippen molar-refractivity contribution < 1.29 is 4.79 Å². The van der Waals surface area contributed by atoms with Crippen LogP contribution in [-0.2, 0) is 0 Å². The lowest BCUT2D eigenvalue weighted by Crippen LogP contribution is -2.42. The maximum Gasteiger partial charge on any atom is 0.261 e. The second-order valence-corrected chi connectivity index (χ2v) is 5.84. The molecular weight excluding hydrogens is 244 g/mol. The number of thiophene rings is 1. The molecule has 98 valence electrons. The van der Waals surface area contributed by atoms with Crippen LogP contribution >= 0.6 is 11.3 Å². The molecule has 0 saturated heterocycles. The van der Waals surface area contributed by atoms with Gasteiger partial charge in [-0.15, -0.1) is 11.3 Å². The summed E-state index contributed by atoms with van der Waals surface area (Å²) in [5.41, 5.74) is 5.14. The molecule has 0 unspecified atom stereocenters. The summed E-state index contributed by atoms with van der Waals surface area (Å²) in [4.78, 5) is 13.6. The molecule has 0 bridgehead atoms. The third kappa shape index (κ3) is 4.52. The monoisotopic (exact) mass is 264 g/mol. The number of amides is 1. The van der Waals surface area contributed by atoms with E-state index in [0.29, 0.717) is 11.4 Å². The molecule has 1 aromatic rings. The Hall–Kier alpha value is -1.31. The summed E-state index contributed by atoms with van der Waals surface area (Å²) in [6.07, 6.45) is 2.01. The fourth-order valence-corrected chi connectivity index (χ4v) is 2.50. The first kappa shape index (κ1) is 14.7. The van der Waals surface area contributed by atoms with Crippen LogP contribution < -0.4 is 11.1 Å². The van der Waals surface area contributed by atoms with Gasteiger partial charge in [-0.25, -0.2) is 0 Å². The van der Waals surface area contributed by atoms with E-state index in [2.05, 4.69) is 24.1 Å². The van der Waals surface area contributed by atoms with Gasteiger partial charge in [0.05, 0.1) is 16.3 Å². The van der Waals surface area contributed by atoms with Gasteiger partial charge in [0.1, 0.15) is 0 Å². The topological polar surface area (TPSA) is 55.1 Å². The molecule has 0 saturated carbocycles. The van der Waals surface area contributed by atoms with Crippen LogP contribution in [0.3, 0.4) is 0 Å². The molecule has 1 aromatic heterocycles. The third-order valence-corrected chi connectivity index (χ3v) is 3.47. The zero-order valence-electron chi connectivity index (χ0n) is 11.2. The van der Waals surface area contributed by atoms with Crippen molar-refractivity contribution in [1.82, 2.24) is 5.32 Å². The molecule has 3 nitrogen and oxygen atoms in total. The minimum absolute atomic E-state index is 0.0285. The lowest BCUT2D eigenvalue weighted by atomic mass is 9.99. The quantitative estimate of drug-likeness (QED) is 0.820. The minimum atomic E-state index is -0.168. The van der Waals surface area contributed by atoms with Gasteiger partial charge < -0.3 is 11.1 Å². The molecule has 1 heterocycles. The number of rotatable bonds is 4. The highest BCUT2D eigenvalue weighted by Crippen LogP contribution is 2.18. The van der Waals surface area contributed by atoms with Crippen molar-refractivity contribution in [3.05, 3.63) is 21.9 Å². The maximum atomic E-state index is 12.0. The van der Waals surface area contributed by atoms with Crippen LogP contribution in [0.25, 0.3) is 0 Å². The largest absolute Gasteiger partial charge is 0.346 e. The summed E-state index contributed by atoms with van der Waals surface area (Å²) < 4.78 is 0. The van der Waals surface area contributed by atoms with Crippen LogP contribution in [0, 0.1) is 11.8 Å². The summed E-state index contributed by atoms with van der Waals surface area (Å²) in [7, 11) is 0. The summed E-state index contributed by atoms with van der Waals surface area (Å²) in [6.45, 7) is 6.52. The Kier molecular flexibility index (Phi) is 5.39. The smallest absolute Gasteiger partial charge is 0.261 e. The van der Waals surface area contributed by atoms with Crippen molar-refractivity contribution in [2.45, 2.75) is 39.2 Å². The van der Waals surface area contributed by atoms with E-state index in [1.807, 2.05) is 26.0 Å². The Balaban J connectivity index is 2.70. The van der Waals surface area contributed by atoms with Gasteiger partial charge >= 0.3 is 0 Å². The van der Waals surface area contributed by atoms with Crippen LogP contribution in [0.2, 0.25) is 0 Å². The van der Waals surface area contributed by atoms with Gasteiger partial charge in [0.25, 0.3) is 5.91 Å². The van der Waals surface area contributed by atoms with Gasteiger partial charge in [-0.1, -0.05) is 25.2 Å². The van der Waals surface area contributed by atoms with Gasteiger partial charge in [-0.3, -0.25) is 4.79 Å². The summed E-state index contributed by atoms with van der Waals surface area (Å²) in [5, 5.41) is 3.04. The van der Waals surface area contributed by atoms with E-state index in [1.54, 1.807) is 0 Å². The number of nitrogens with two attached hydrogens (primary N) is 1. The van der Waals surface area contributed by atoms with Gasteiger partial charge in [0.2, 0.25) is 0 Å². The van der Waals surface area contributed by atoms with Crippen LogP contribution in [0.5, 0.6) is 0 Å². The van der Waals surface area contributed by atoms with E-state index < -0.39 is 0 Å². The van der Waals surface area contributed by atoms with E-state index in [1.165, 1.54) is 11.3 Å². The van der Waals surface area contributed by atoms with Gasteiger partial charge in [-0.2, -0.15) is 0 Å². The average molecular weight is 264 g/mol. The molecule has 0 aliphatic heterocycles. The summed E-state index contributed by atoms with van der Waals surface area (Å²) >= 11 is 1.40. The Morgan fingerprint density at radius 2 is 2.22 bits per heavy atom. The van der Waals surface area contributed by atoms with Gasteiger partial charge in [0, 0.05) is 5.54 Å². The van der Waals surface area contributed by atoms with Crippen LogP contribution in [0.1, 0.15) is 48.2 Å². The van der Waals surface area contributed by atoms with E-state index in [0.717, 1.165) is 17.7 Å². The van der Waals surface area contributed by atoms with Crippen molar-refractivity contribution in [1.29, 1.82) is 0 Å². The SMILES string of the molecule is CCCC(C)(C)NC(=O)c1ccc(C#CCN)s1. The van der Waals surface area contributed by atoms with Crippen molar-refractivity contribution in [2.75, 3.05) is 6.54 Å². The van der Waals surface area contributed by atoms with Crippen LogP contribution in [0.15, 0.2) is 12.1 Å². The highest BCUT2D eigenvalue weighted by molar-refractivity contribution is 7.14. The Morgan fingerprint density at radius 3 is 2.83 bits per heavy atom. The Labute approximate surface area is 113 Å². The fraction of sp³-hybridized carbons (Fsp3) is 0.500. The van der Waals surface area contributed by atoms with E-state index in [-0.39, 0.29) is 11.4 Å². The zero-order chi connectivity index (χ0) is 13.6. The minimum Gasteiger partial charge on any atom is -0.346 e. The predicted molar refractivity (Wildman–Crippen MR) is 76.7 cm³/mol. The molecule has 18 heavy (non-hydrogen) atoms. The average Bonchev–Trinajstić information content (AvgIpc) is 2.74. The molecule has 1 rings (SSSR count). The first-order chi connectivity index (χ1) is 8.48. The zero-order valence-corrected chi connectivity index (χ0v) is 12.0. The maximum absolute atomic E-state index is 12.0. The summed E-state index contributed by atoms with van der Waals surface area (Å²) in [5.74, 6) is 5.68. The number of hydrogen-bond donors (Lipinski definition) is 2. The highest BCUT2D eigenvalue weighted by atomic mass is 32.1. The molecule has 3 N–H and O–H groups in total. The van der Waals surface area contributed by atoms with Crippen LogP contribution in [-0.4, -0.2) is 18.0 Å². The second kappa shape index (κ2) is 6.58. The van der Waals surface area contributed by atoms with Gasteiger partial charge in [0.15, 0.2) is 0 Å². The molecule has 0 fully saturated rings. The second-order valence-electron chi connectivity index (χ2n) is 4.76. The molecule has 0 atom stereocenters. The highest BCUT2D eigenvalue weighted by Gasteiger charge is 2.20.